The maximum Gasteiger partial charge on any atom is 0.227 e. The molecule has 2 atom stereocenters. The minimum Gasteiger partial charge on any atom is -0.495 e. The molecule has 3 aromatic rings. The maximum absolute atomic E-state index is 12.7. The van der Waals surface area contributed by atoms with E-state index >= 15 is 0 Å². The van der Waals surface area contributed by atoms with E-state index in [1.165, 1.54) is 0 Å². The van der Waals surface area contributed by atoms with E-state index in [2.05, 4.69) is 16.5 Å². The second-order valence-electron chi connectivity index (χ2n) is 8.43. The third kappa shape index (κ3) is 4.16. The highest BCUT2D eigenvalue weighted by atomic mass is 16.5. The number of hydrogen-bond donors (Lipinski definition) is 1. The summed E-state index contributed by atoms with van der Waals surface area (Å²) in [6.45, 7) is 2.58. The zero-order valence-electron chi connectivity index (χ0n) is 18.5. The molecule has 0 bridgehead atoms. The molecule has 170 valence electrons. The van der Waals surface area contributed by atoms with Crippen LogP contribution < -0.4 is 19.7 Å². The van der Waals surface area contributed by atoms with Gasteiger partial charge in [-0.1, -0.05) is 17.3 Å². The molecular formula is C25H25N3O5. The van der Waals surface area contributed by atoms with Gasteiger partial charge in [0.2, 0.25) is 11.8 Å². The molecule has 1 aromatic heterocycles. The minimum atomic E-state index is -0.438. The van der Waals surface area contributed by atoms with Gasteiger partial charge in [0.05, 0.1) is 25.3 Å². The van der Waals surface area contributed by atoms with Crippen LogP contribution in [-0.4, -0.2) is 36.7 Å². The van der Waals surface area contributed by atoms with Crippen molar-refractivity contribution in [3.05, 3.63) is 59.8 Å². The minimum absolute atomic E-state index is 0.0988. The Labute approximate surface area is 191 Å². The van der Waals surface area contributed by atoms with Crippen molar-refractivity contribution < 1.29 is 23.6 Å². The molecule has 3 heterocycles. The van der Waals surface area contributed by atoms with Crippen LogP contribution in [-0.2, 0) is 22.6 Å². The van der Waals surface area contributed by atoms with Gasteiger partial charge in [-0.2, -0.15) is 0 Å². The normalized spacial score (nSPS) is 19.3. The molecule has 5 rings (SSSR count). The molecule has 0 unspecified atom stereocenters. The molecule has 2 aromatic carbocycles. The first kappa shape index (κ1) is 21.1. The molecule has 0 saturated carbocycles. The van der Waals surface area contributed by atoms with Crippen molar-refractivity contribution in [2.24, 2.45) is 5.92 Å². The highest BCUT2D eigenvalue weighted by molar-refractivity contribution is 6.01. The number of nitrogens with one attached hydrogen (secondary N) is 1. The lowest BCUT2D eigenvalue weighted by Gasteiger charge is -2.19. The van der Waals surface area contributed by atoms with Crippen LogP contribution in [0, 0.1) is 5.92 Å². The van der Waals surface area contributed by atoms with Crippen LogP contribution in [0.5, 0.6) is 11.5 Å². The van der Waals surface area contributed by atoms with Crippen molar-refractivity contribution in [2.45, 2.75) is 32.4 Å². The summed E-state index contributed by atoms with van der Waals surface area (Å²) in [5.74, 6) is 1.43. The monoisotopic (exact) mass is 447 g/mol. The lowest BCUT2D eigenvalue weighted by Crippen LogP contribution is -2.32. The second-order valence-corrected chi connectivity index (χ2v) is 8.43. The predicted octanol–water partition coefficient (Wildman–Crippen LogP) is 3.34. The van der Waals surface area contributed by atoms with Crippen LogP contribution in [0.4, 0.5) is 5.69 Å². The number of carbonyl (C=O) groups excluding carboxylic acids is 2. The first-order chi connectivity index (χ1) is 16.0. The van der Waals surface area contributed by atoms with Crippen molar-refractivity contribution >= 4 is 17.5 Å². The Morgan fingerprint density at radius 3 is 2.91 bits per heavy atom. The van der Waals surface area contributed by atoms with Crippen LogP contribution in [0.15, 0.2) is 53.1 Å². The fraction of sp³-hybridized carbons (Fsp3) is 0.320. The number of carbonyl (C=O) groups is 2. The van der Waals surface area contributed by atoms with Crippen LogP contribution in [0.25, 0.3) is 11.3 Å². The Balaban J connectivity index is 1.21. The van der Waals surface area contributed by atoms with Gasteiger partial charge in [-0.3, -0.25) is 9.59 Å². The maximum atomic E-state index is 12.7. The van der Waals surface area contributed by atoms with Crippen LogP contribution in [0.1, 0.15) is 24.6 Å². The second kappa shape index (κ2) is 8.61. The van der Waals surface area contributed by atoms with Crippen LogP contribution >= 0.6 is 0 Å². The van der Waals surface area contributed by atoms with E-state index in [-0.39, 0.29) is 30.9 Å². The molecule has 2 amide bonds. The quantitative estimate of drug-likeness (QED) is 0.623. The molecule has 8 heteroatoms. The van der Waals surface area contributed by atoms with Gasteiger partial charge < -0.3 is 24.2 Å². The average Bonchev–Trinajstić information content (AvgIpc) is 3.54. The number of rotatable bonds is 6. The topological polar surface area (TPSA) is 93.9 Å². The summed E-state index contributed by atoms with van der Waals surface area (Å²) >= 11 is 0. The zero-order valence-corrected chi connectivity index (χ0v) is 18.5. The number of aromatic nitrogens is 1. The lowest BCUT2D eigenvalue weighted by atomic mass is 10.1. The zero-order chi connectivity index (χ0) is 22.9. The molecule has 0 aliphatic carbocycles. The third-order valence-corrected chi connectivity index (χ3v) is 6.06. The number of ether oxygens (including phenoxy) is 2. The van der Waals surface area contributed by atoms with E-state index in [1.54, 1.807) is 18.1 Å². The molecular weight excluding hydrogens is 422 g/mol. The number of anilines is 1. The molecule has 2 aliphatic heterocycles. The Kier molecular flexibility index (Phi) is 5.50. The first-order valence-corrected chi connectivity index (χ1v) is 11.0. The fourth-order valence-corrected chi connectivity index (χ4v) is 4.40. The van der Waals surface area contributed by atoms with Crippen molar-refractivity contribution in [3.63, 3.8) is 0 Å². The van der Waals surface area contributed by atoms with E-state index < -0.39 is 5.92 Å². The number of nitrogens with zero attached hydrogens (tertiary/aromatic N) is 2. The molecule has 0 spiro atoms. The summed E-state index contributed by atoms with van der Waals surface area (Å²) in [7, 11) is 1.56. The average molecular weight is 447 g/mol. The van der Waals surface area contributed by atoms with Crippen LogP contribution in [0.2, 0.25) is 0 Å². The molecule has 2 aliphatic rings. The predicted molar refractivity (Wildman–Crippen MR) is 121 cm³/mol. The number of amides is 2. The van der Waals surface area contributed by atoms with Gasteiger partial charge in [0.15, 0.2) is 5.76 Å². The summed E-state index contributed by atoms with van der Waals surface area (Å²) in [4.78, 5) is 26.9. The van der Waals surface area contributed by atoms with Gasteiger partial charge in [-0.05, 0) is 42.8 Å². The number of fused-ring (bicyclic) bond motifs is 1. The Morgan fingerprint density at radius 1 is 1.21 bits per heavy atom. The highest BCUT2D eigenvalue weighted by Crippen LogP contribution is 2.34. The SMILES string of the molecule is COc1ccccc1N1C[C@H](C(=O)NCc2cc(-c3ccc4c(c3)C[C@H](C)O4)on2)CC1=O. The van der Waals surface area contributed by atoms with Gasteiger partial charge in [-0.25, -0.2) is 0 Å². The molecule has 1 fully saturated rings. The van der Waals surface area contributed by atoms with Gasteiger partial charge in [0.1, 0.15) is 23.3 Å². The van der Waals surface area contributed by atoms with E-state index in [1.807, 2.05) is 43.3 Å². The van der Waals surface area contributed by atoms with E-state index in [0.29, 0.717) is 29.4 Å². The molecule has 8 nitrogen and oxygen atoms in total. The number of para-hydroxylation sites is 2. The third-order valence-electron chi connectivity index (χ3n) is 6.06. The van der Waals surface area contributed by atoms with E-state index in [0.717, 1.165) is 23.3 Å². The van der Waals surface area contributed by atoms with Gasteiger partial charge in [0.25, 0.3) is 0 Å². The molecule has 33 heavy (non-hydrogen) atoms. The Bertz CT molecular complexity index is 1200. The number of methoxy groups -OCH3 is 1. The highest BCUT2D eigenvalue weighted by Gasteiger charge is 2.36. The Morgan fingerprint density at radius 2 is 2.06 bits per heavy atom. The van der Waals surface area contributed by atoms with Gasteiger partial charge in [-0.15, -0.1) is 0 Å². The van der Waals surface area contributed by atoms with Crippen molar-refractivity contribution in [1.29, 1.82) is 0 Å². The van der Waals surface area contributed by atoms with E-state index in [9.17, 15) is 9.59 Å². The van der Waals surface area contributed by atoms with Gasteiger partial charge in [0, 0.05) is 31.0 Å². The summed E-state index contributed by atoms with van der Waals surface area (Å²) in [6, 6.07) is 15.1. The summed E-state index contributed by atoms with van der Waals surface area (Å²) in [5.41, 5.74) is 3.37. The lowest BCUT2D eigenvalue weighted by molar-refractivity contribution is -0.126. The van der Waals surface area contributed by atoms with Crippen molar-refractivity contribution in [1.82, 2.24) is 10.5 Å². The number of benzene rings is 2. The van der Waals surface area contributed by atoms with E-state index in [4.69, 9.17) is 14.0 Å². The largest absolute Gasteiger partial charge is 0.495 e. The molecule has 1 saturated heterocycles. The Hall–Kier alpha value is -3.81. The number of hydrogen-bond acceptors (Lipinski definition) is 6. The van der Waals surface area contributed by atoms with Crippen LogP contribution in [0.3, 0.4) is 0 Å². The summed E-state index contributed by atoms with van der Waals surface area (Å²) in [5, 5.41) is 6.97. The molecule has 0 radical (unpaired) electrons. The smallest absolute Gasteiger partial charge is 0.227 e. The summed E-state index contributed by atoms with van der Waals surface area (Å²) in [6.07, 6.45) is 1.20. The molecule has 1 N–H and O–H groups in total. The standard InChI is InChI=1S/C25H25N3O5/c1-15-9-17-10-16(7-8-21(17)32-15)23-12-19(27-33-23)13-26-25(30)18-11-24(29)28(14-18)20-5-3-4-6-22(20)31-2/h3-8,10,12,15,18H,9,11,13-14H2,1-2H3,(H,26,30)/t15-,18+/m0/s1. The van der Waals surface area contributed by atoms with Gasteiger partial charge >= 0.3 is 0 Å². The fourth-order valence-electron chi connectivity index (χ4n) is 4.40. The summed E-state index contributed by atoms with van der Waals surface area (Å²) < 4.78 is 16.6. The van der Waals surface area contributed by atoms with Crippen molar-refractivity contribution in [2.75, 3.05) is 18.6 Å². The first-order valence-electron chi connectivity index (χ1n) is 11.0. The van der Waals surface area contributed by atoms with Crippen molar-refractivity contribution in [3.8, 4) is 22.8 Å².